The lowest BCUT2D eigenvalue weighted by Crippen LogP contribution is -2.42. The van der Waals surface area contributed by atoms with Crippen LogP contribution in [0.3, 0.4) is 0 Å². The number of hydrogen-bond acceptors (Lipinski definition) is 4. The Balaban J connectivity index is 3.35. The van der Waals surface area contributed by atoms with Crippen LogP contribution in [0.2, 0.25) is 0 Å². The normalized spacial score (nSPS) is 12.9. The minimum absolute atomic E-state index is 0.109. The Kier molecular flexibility index (Phi) is 4.51. The molecule has 7 nitrogen and oxygen atoms in total. The molecule has 0 aliphatic heterocycles. The fraction of sp³-hybridized carbons (Fsp3) is 0.333. The van der Waals surface area contributed by atoms with Gasteiger partial charge in [-0.25, -0.2) is 13.2 Å². The van der Waals surface area contributed by atoms with E-state index in [1.165, 1.54) is 13.0 Å². The maximum Gasteiger partial charge on any atom is 0.335 e. The zero-order valence-corrected chi connectivity index (χ0v) is 12.1. The first kappa shape index (κ1) is 16.1. The lowest BCUT2D eigenvalue weighted by Gasteiger charge is -2.14. The van der Waals surface area contributed by atoms with Gasteiger partial charge in [-0.15, -0.1) is 0 Å². The van der Waals surface area contributed by atoms with Crippen molar-refractivity contribution in [3.8, 4) is 0 Å². The second-order valence-corrected chi connectivity index (χ2v) is 6.17. The predicted octanol–water partition coefficient (Wildman–Crippen LogP) is 0.154. The van der Waals surface area contributed by atoms with E-state index in [1.54, 1.807) is 13.8 Å². The Morgan fingerprint density at radius 2 is 1.80 bits per heavy atom. The van der Waals surface area contributed by atoms with Gasteiger partial charge in [0.05, 0.1) is 16.5 Å². The van der Waals surface area contributed by atoms with Gasteiger partial charge in [0.15, 0.2) is 0 Å². The van der Waals surface area contributed by atoms with Crippen LogP contribution in [-0.4, -0.2) is 31.4 Å². The molecule has 110 valence electrons. The van der Waals surface area contributed by atoms with Crippen molar-refractivity contribution in [1.82, 2.24) is 4.72 Å². The number of benzene rings is 1. The van der Waals surface area contributed by atoms with E-state index in [4.69, 9.17) is 10.8 Å². The number of carboxylic acids is 1. The summed E-state index contributed by atoms with van der Waals surface area (Å²) in [6, 6.07) is 1.45. The third-order valence-electron chi connectivity index (χ3n) is 2.80. The average molecular weight is 300 g/mol. The van der Waals surface area contributed by atoms with Gasteiger partial charge in [0.25, 0.3) is 0 Å². The number of rotatable bonds is 5. The maximum absolute atomic E-state index is 12.1. The first-order valence-corrected chi connectivity index (χ1v) is 7.20. The molecule has 20 heavy (non-hydrogen) atoms. The minimum atomic E-state index is -4.02. The Morgan fingerprint density at radius 3 is 2.25 bits per heavy atom. The summed E-state index contributed by atoms with van der Waals surface area (Å²) in [4.78, 5) is 21.8. The largest absolute Gasteiger partial charge is 0.478 e. The van der Waals surface area contributed by atoms with Crippen LogP contribution < -0.4 is 10.5 Å². The number of sulfonamides is 1. The van der Waals surface area contributed by atoms with E-state index < -0.39 is 27.9 Å². The number of carbonyl (C=O) groups is 2. The van der Waals surface area contributed by atoms with Gasteiger partial charge in [-0.1, -0.05) is 6.07 Å². The SMILES string of the molecule is Cc1cc(C)c(S(=O)(=O)NC(C)C(N)=O)cc1C(=O)O. The molecule has 0 aliphatic rings. The van der Waals surface area contributed by atoms with Crippen molar-refractivity contribution < 1.29 is 23.1 Å². The fourth-order valence-electron chi connectivity index (χ4n) is 1.71. The molecule has 4 N–H and O–H groups in total. The van der Waals surface area contributed by atoms with Crippen LogP contribution in [0.5, 0.6) is 0 Å². The van der Waals surface area contributed by atoms with E-state index in [0.29, 0.717) is 11.1 Å². The van der Waals surface area contributed by atoms with Crippen molar-refractivity contribution in [3.63, 3.8) is 0 Å². The summed E-state index contributed by atoms with van der Waals surface area (Å²) in [6.07, 6.45) is 0. The van der Waals surface area contributed by atoms with E-state index in [2.05, 4.69) is 4.72 Å². The summed E-state index contributed by atoms with van der Waals surface area (Å²) >= 11 is 0. The molecule has 0 fully saturated rings. The summed E-state index contributed by atoms with van der Waals surface area (Å²) in [7, 11) is -4.02. The van der Waals surface area contributed by atoms with E-state index in [0.717, 1.165) is 6.07 Å². The zero-order valence-electron chi connectivity index (χ0n) is 11.3. The number of aromatic carboxylic acids is 1. The highest BCUT2D eigenvalue weighted by molar-refractivity contribution is 7.89. The van der Waals surface area contributed by atoms with Gasteiger partial charge in [-0.05, 0) is 38.0 Å². The first-order valence-electron chi connectivity index (χ1n) is 5.72. The summed E-state index contributed by atoms with van der Waals surface area (Å²) in [5.41, 5.74) is 5.73. The van der Waals surface area contributed by atoms with Gasteiger partial charge in [-0.2, -0.15) is 4.72 Å². The second kappa shape index (κ2) is 5.59. The first-order chi connectivity index (χ1) is 9.06. The van der Waals surface area contributed by atoms with Crippen LogP contribution in [0.4, 0.5) is 0 Å². The van der Waals surface area contributed by atoms with Gasteiger partial charge in [-0.3, -0.25) is 4.79 Å². The van der Waals surface area contributed by atoms with Crippen LogP contribution in [0, 0.1) is 13.8 Å². The molecular weight excluding hydrogens is 284 g/mol. The number of carboxylic acid groups (broad SMARTS) is 1. The highest BCUT2D eigenvalue weighted by Crippen LogP contribution is 2.20. The highest BCUT2D eigenvalue weighted by atomic mass is 32.2. The molecule has 8 heteroatoms. The molecule has 0 aromatic heterocycles. The standard InChI is InChI=1S/C12H16N2O5S/c1-6-4-7(2)10(5-9(6)12(16)17)20(18,19)14-8(3)11(13)15/h4-5,8,14H,1-3H3,(H2,13,15)(H,16,17). The number of nitrogens with one attached hydrogen (secondary N) is 1. The summed E-state index contributed by atoms with van der Waals surface area (Å²) in [6.45, 7) is 4.43. The molecule has 0 spiro atoms. The molecule has 1 unspecified atom stereocenters. The third kappa shape index (κ3) is 3.34. The van der Waals surface area contributed by atoms with E-state index in [1.807, 2.05) is 0 Å². The molecular formula is C12H16N2O5S. The number of primary amides is 1. The van der Waals surface area contributed by atoms with Gasteiger partial charge in [0, 0.05) is 0 Å². The quantitative estimate of drug-likeness (QED) is 0.713. The van der Waals surface area contributed by atoms with Crippen molar-refractivity contribution in [3.05, 3.63) is 28.8 Å². The molecule has 0 aliphatic carbocycles. The van der Waals surface area contributed by atoms with E-state index >= 15 is 0 Å². The number of amides is 1. The van der Waals surface area contributed by atoms with E-state index in [9.17, 15) is 18.0 Å². The smallest absolute Gasteiger partial charge is 0.335 e. The number of aryl methyl sites for hydroxylation is 2. The van der Waals surface area contributed by atoms with Crippen LogP contribution in [0.15, 0.2) is 17.0 Å². The Hall–Kier alpha value is -1.93. The monoisotopic (exact) mass is 300 g/mol. The minimum Gasteiger partial charge on any atom is -0.478 e. The van der Waals surface area contributed by atoms with Crippen molar-refractivity contribution >= 4 is 21.9 Å². The summed E-state index contributed by atoms with van der Waals surface area (Å²) < 4.78 is 26.4. The predicted molar refractivity (Wildman–Crippen MR) is 71.9 cm³/mol. The Morgan fingerprint density at radius 1 is 1.25 bits per heavy atom. The molecule has 0 bridgehead atoms. The van der Waals surface area contributed by atoms with Crippen LogP contribution in [0.25, 0.3) is 0 Å². The molecule has 1 aromatic carbocycles. The Bertz CT molecular complexity index is 667. The number of nitrogens with two attached hydrogens (primary N) is 1. The topological polar surface area (TPSA) is 127 Å². The summed E-state index contributed by atoms with van der Waals surface area (Å²) in [5, 5.41) is 9.03. The molecule has 1 rings (SSSR count). The van der Waals surface area contributed by atoms with Gasteiger partial charge in [0.1, 0.15) is 0 Å². The average Bonchev–Trinajstić information content (AvgIpc) is 2.26. The molecule has 0 heterocycles. The van der Waals surface area contributed by atoms with Crippen molar-refractivity contribution in [2.45, 2.75) is 31.7 Å². The van der Waals surface area contributed by atoms with E-state index in [-0.39, 0.29) is 10.5 Å². The second-order valence-electron chi connectivity index (χ2n) is 4.48. The highest BCUT2D eigenvalue weighted by Gasteiger charge is 2.24. The van der Waals surface area contributed by atoms with Crippen molar-refractivity contribution in [2.75, 3.05) is 0 Å². The van der Waals surface area contributed by atoms with Gasteiger partial charge in [0.2, 0.25) is 15.9 Å². The summed E-state index contributed by atoms with van der Waals surface area (Å²) in [5.74, 6) is -2.04. The number of hydrogen-bond donors (Lipinski definition) is 3. The van der Waals surface area contributed by atoms with Gasteiger partial charge >= 0.3 is 5.97 Å². The van der Waals surface area contributed by atoms with Crippen molar-refractivity contribution in [2.24, 2.45) is 5.73 Å². The molecule has 1 amide bonds. The fourth-order valence-corrected chi connectivity index (χ4v) is 3.17. The van der Waals surface area contributed by atoms with Crippen LogP contribution in [-0.2, 0) is 14.8 Å². The zero-order chi connectivity index (χ0) is 15.7. The molecule has 0 radical (unpaired) electrons. The van der Waals surface area contributed by atoms with Gasteiger partial charge < -0.3 is 10.8 Å². The maximum atomic E-state index is 12.1. The molecule has 0 saturated heterocycles. The lowest BCUT2D eigenvalue weighted by atomic mass is 10.1. The van der Waals surface area contributed by atoms with Crippen LogP contribution in [0.1, 0.15) is 28.4 Å². The molecule has 1 atom stereocenters. The Labute approximate surface area is 116 Å². The molecule has 1 aromatic rings. The van der Waals surface area contributed by atoms with Crippen molar-refractivity contribution in [1.29, 1.82) is 0 Å². The lowest BCUT2D eigenvalue weighted by molar-refractivity contribution is -0.119. The third-order valence-corrected chi connectivity index (χ3v) is 4.48. The number of carbonyl (C=O) groups excluding carboxylic acids is 1. The molecule has 0 saturated carbocycles. The van der Waals surface area contributed by atoms with Crippen LogP contribution >= 0.6 is 0 Å².